The van der Waals surface area contributed by atoms with Crippen molar-refractivity contribution in [1.29, 1.82) is 0 Å². The second kappa shape index (κ2) is 12.8. The van der Waals surface area contributed by atoms with Gasteiger partial charge in [0.2, 0.25) is 0 Å². The van der Waals surface area contributed by atoms with Gasteiger partial charge in [0.25, 0.3) is 5.91 Å². The highest BCUT2D eigenvalue weighted by atomic mass is 16.5. The zero-order chi connectivity index (χ0) is 24.3. The number of esters is 2. The van der Waals surface area contributed by atoms with Crippen molar-refractivity contribution in [2.24, 2.45) is 5.92 Å². The molecule has 1 amide bonds. The van der Waals surface area contributed by atoms with Gasteiger partial charge < -0.3 is 19.5 Å². The van der Waals surface area contributed by atoms with Crippen LogP contribution < -0.4 is 10.1 Å². The van der Waals surface area contributed by atoms with Crippen LogP contribution in [0, 0.1) is 5.92 Å². The average molecular weight is 468 g/mol. The molecule has 1 fully saturated rings. The summed E-state index contributed by atoms with van der Waals surface area (Å²) in [4.78, 5) is 35.4. The van der Waals surface area contributed by atoms with Crippen molar-refractivity contribution in [3.05, 3.63) is 48.0 Å². The van der Waals surface area contributed by atoms with Crippen molar-refractivity contribution in [2.75, 3.05) is 25.6 Å². The first-order valence-electron chi connectivity index (χ1n) is 11.8. The molecule has 0 heterocycles. The number of anilines is 1. The molecule has 0 atom stereocenters. The summed E-state index contributed by atoms with van der Waals surface area (Å²) in [6, 6.07) is 13.6. The number of carbonyl (C=O) groups is 3. The minimum Gasteiger partial charge on any atom is -0.490 e. The lowest BCUT2D eigenvalue weighted by molar-refractivity contribution is -0.145. The molecule has 1 aliphatic rings. The molecule has 3 rings (SSSR count). The summed E-state index contributed by atoms with van der Waals surface area (Å²) in [5.41, 5.74) is 3.13. The van der Waals surface area contributed by atoms with Gasteiger partial charge in [0.15, 0.2) is 12.4 Å². The Hall–Kier alpha value is -3.35. The number of hydrogen-bond acceptors (Lipinski definition) is 6. The van der Waals surface area contributed by atoms with E-state index in [1.807, 2.05) is 42.5 Å². The number of carbonyl (C=O) groups excluding carboxylic acids is 3. The van der Waals surface area contributed by atoms with Crippen LogP contribution in [0.4, 0.5) is 5.69 Å². The number of nitrogens with one attached hydrogen (secondary N) is 1. The fourth-order valence-corrected chi connectivity index (χ4v) is 4.17. The Bertz CT molecular complexity index is 982. The minimum atomic E-state index is -0.527. The zero-order valence-electron chi connectivity index (χ0n) is 19.9. The Kier molecular flexibility index (Phi) is 9.50. The van der Waals surface area contributed by atoms with Crippen LogP contribution in [0.5, 0.6) is 5.75 Å². The van der Waals surface area contributed by atoms with E-state index in [1.54, 1.807) is 0 Å². The van der Waals surface area contributed by atoms with Crippen LogP contribution in [-0.4, -0.2) is 38.2 Å². The molecule has 0 spiro atoms. The van der Waals surface area contributed by atoms with E-state index in [1.165, 1.54) is 33.3 Å². The standard InChI is InChI=1S/C27H33NO6/c1-19(29)33-18-25(30)28-24-16-21(13-14-26(31)32-2)15-23(22-11-7-4-8-12-22)27(24)34-17-20-9-5-3-6-10-20/h4,7-8,11-12,15-16,20H,3,5-6,9-10,13-14,17-18H2,1-2H3,(H,28,30). The molecule has 2 aromatic rings. The van der Waals surface area contributed by atoms with Gasteiger partial charge in [0, 0.05) is 18.9 Å². The smallest absolute Gasteiger partial charge is 0.305 e. The summed E-state index contributed by atoms with van der Waals surface area (Å²) in [7, 11) is 1.36. The first-order valence-corrected chi connectivity index (χ1v) is 11.8. The molecule has 0 saturated heterocycles. The summed E-state index contributed by atoms with van der Waals surface area (Å²) >= 11 is 0. The SMILES string of the molecule is COC(=O)CCc1cc(NC(=O)COC(C)=O)c(OCC2CCCCC2)c(-c2ccccc2)c1. The van der Waals surface area contributed by atoms with E-state index in [4.69, 9.17) is 14.2 Å². The van der Waals surface area contributed by atoms with E-state index < -0.39 is 11.9 Å². The Morgan fingerprint density at radius 2 is 1.76 bits per heavy atom. The second-order valence-corrected chi connectivity index (χ2v) is 8.61. The van der Waals surface area contributed by atoms with Gasteiger partial charge in [-0.1, -0.05) is 49.6 Å². The van der Waals surface area contributed by atoms with Crippen LogP contribution in [0.1, 0.15) is 51.0 Å². The lowest BCUT2D eigenvalue weighted by atomic mass is 9.90. The molecular weight excluding hydrogens is 434 g/mol. The minimum absolute atomic E-state index is 0.216. The maximum atomic E-state index is 12.5. The quantitative estimate of drug-likeness (QED) is 0.499. The summed E-state index contributed by atoms with van der Waals surface area (Å²) in [6.45, 7) is 1.44. The molecule has 34 heavy (non-hydrogen) atoms. The number of benzene rings is 2. The van der Waals surface area contributed by atoms with Crippen molar-refractivity contribution >= 4 is 23.5 Å². The van der Waals surface area contributed by atoms with Crippen molar-refractivity contribution < 1.29 is 28.6 Å². The van der Waals surface area contributed by atoms with Gasteiger partial charge in [-0.25, -0.2) is 0 Å². The number of ether oxygens (including phenoxy) is 3. The maximum absolute atomic E-state index is 12.5. The van der Waals surface area contributed by atoms with E-state index in [0.717, 1.165) is 29.5 Å². The predicted molar refractivity (Wildman–Crippen MR) is 130 cm³/mol. The Morgan fingerprint density at radius 3 is 2.44 bits per heavy atom. The first kappa shape index (κ1) is 25.3. The largest absolute Gasteiger partial charge is 0.490 e. The van der Waals surface area contributed by atoms with E-state index in [-0.39, 0.29) is 19.0 Å². The van der Waals surface area contributed by atoms with Crippen LogP contribution in [-0.2, 0) is 30.3 Å². The maximum Gasteiger partial charge on any atom is 0.305 e. The first-order chi connectivity index (χ1) is 16.5. The third kappa shape index (κ3) is 7.61. The van der Waals surface area contributed by atoms with Gasteiger partial charge in [-0.05, 0) is 48.4 Å². The van der Waals surface area contributed by atoms with Crippen molar-refractivity contribution in [3.63, 3.8) is 0 Å². The normalized spacial score (nSPS) is 13.7. The molecular formula is C27H33NO6. The van der Waals surface area contributed by atoms with Gasteiger partial charge in [-0.15, -0.1) is 0 Å². The van der Waals surface area contributed by atoms with Crippen LogP contribution >= 0.6 is 0 Å². The van der Waals surface area contributed by atoms with Gasteiger partial charge in [0.05, 0.1) is 19.4 Å². The van der Waals surface area contributed by atoms with Gasteiger partial charge >= 0.3 is 11.9 Å². The third-order valence-corrected chi connectivity index (χ3v) is 5.95. The number of methoxy groups -OCH3 is 1. The van der Waals surface area contributed by atoms with Crippen LogP contribution in [0.25, 0.3) is 11.1 Å². The average Bonchev–Trinajstić information content (AvgIpc) is 2.86. The molecule has 7 nitrogen and oxygen atoms in total. The summed E-state index contributed by atoms with van der Waals surface area (Å²) < 4.78 is 16.0. The molecule has 0 radical (unpaired) electrons. The van der Waals surface area contributed by atoms with E-state index >= 15 is 0 Å². The molecule has 0 bridgehead atoms. The Balaban J connectivity index is 1.96. The topological polar surface area (TPSA) is 90.9 Å². The highest BCUT2D eigenvalue weighted by Gasteiger charge is 2.20. The lowest BCUT2D eigenvalue weighted by Crippen LogP contribution is -2.21. The summed E-state index contributed by atoms with van der Waals surface area (Å²) in [5, 5.41) is 2.85. The van der Waals surface area contributed by atoms with Crippen LogP contribution in [0.2, 0.25) is 0 Å². The van der Waals surface area contributed by atoms with E-state index in [9.17, 15) is 14.4 Å². The van der Waals surface area contributed by atoms with Crippen LogP contribution in [0.3, 0.4) is 0 Å². The summed E-state index contributed by atoms with van der Waals surface area (Å²) in [5.74, 6) is -0.238. The molecule has 2 aromatic carbocycles. The summed E-state index contributed by atoms with van der Waals surface area (Å²) in [6.07, 6.45) is 6.60. The number of amides is 1. The van der Waals surface area contributed by atoms with Crippen molar-refractivity contribution in [1.82, 2.24) is 0 Å². The highest BCUT2D eigenvalue weighted by molar-refractivity contribution is 5.96. The third-order valence-electron chi connectivity index (χ3n) is 5.95. The van der Waals surface area contributed by atoms with Gasteiger partial charge in [0.1, 0.15) is 0 Å². The highest BCUT2D eigenvalue weighted by Crippen LogP contribution is 2.39. The molecule has 0 aromatic heterocycles. The van der Waals surface area contributed by atoms with Gasteiger partial charge in [-0.2, -0.15) is 0 Å². The molecule has 0 aliphatic heterocycles. The van der Waals surface area contributed by atoms with Gasteiger partial charge in [-0.3, -0.25) is 14.4 Å². The Labute approximate surface area is 200 Å². The molecule has 1 N–H and O–H groups in total. The zero-order valence-corrected chi connectivity index (χ0v) is 19.9. The van der Waals surface area contributed by atoms with E-state index in [0.29, 0.717) is 30.4 Å². The Morgan fingerprint density at radius 1 is 1.03 bits per heavy atom. The monoisotopic (exact) mass is 467 g/mol. The predicted octanol–water partition coefficient (Wildman–Crippen LogP) is 4.92. The fourth-order valence-electron chi connectivity index (χ4n) is 4.17. The fraction of sp³-hybridized carbons (Fsp3) is 0.444. The lowest BCUT2D eigenvalue weighted by Gasteiger charge is -2.24. The molecule has 7 heteroatoms. The molecule has 1 saturated carbocycles. The second-order valence-electron chi connectivity index (χ2n) is 8.61. The van der Waals surface area contributed by atoms with Crippen LogP contribution in [0.15, 0.2) is 42.5 Å². The number of rotatable bonds is 10. The molecule has 0 unspecified atom stereocenters. The van der Waals surface area contributed by atoms with E-state index in [2.05, 4.69) is 5.32 Å². The molecule has 1 aliphatic carbocycles. The van der Waals surface area contributed by atoms with Crippen molar-refractivity contribution in [3.8, 4) is 16.9 Å². The van der Waals surface area contributed by atoms with Crippen molar-refractivity contribution in [2.45, 2.75) is 51.9 Å². The number of hydrogen-bond donors (Lipinski definition) is 1. The molecule has 182 valence electrons. The number of aryl methyl sites for hydroxylation is 1.